The number of primary amides is 1. The molecule has 1 atom stereocenters. The lowest BCUT2D eigenvalue weighted by atomic mass is 9.94. The van der Waals surface area contributed by atoms with Crippen molar-refractivity contribution in [2.75, 3.05) is 13.1 Å². The van der Waals surface area contributed by atoms with Crippen molar-refractivity contribution in [3.05, 3.63) is 35.4 Å². The van der Waals surface area contributed by atoms with Gasteiger partial charge in [-0.3, -0.25) is 14.5 Å². The molecule has 2 rings (SSSR count). The molecule has 1 heterocycles. The third-order valence-electron chi connectivity index (χ3n) is 3.74. The van der Waals surface area contributed by atoms with Gasteiger partial charge in [0.25, 0.3) is 0 Å². The second-order valence-corrected chi connectivity index (χ2v) is 5.36. The van der Waals surface area contributed by atoms with Gasteiger partial charge in [-0.1, -0.05) is 18.2 Å². The van der Waals surface area contributed by atoms with Gasteiger partial charge in [-0.25, -0.2) is 0 Å². The third-order valence-corrected chi connectivity index (χ3v) is 3.74. The molecule has 1 aromatic rings. The van der Waals surface area contributed by atoms with E-state index in [0.29, 0.717) is 12.1 Å². The van der Waals surface area contributed by atoms with Crippen LogP contribution in [-0.4, -0.2) is 35.0 Å². The summed E-state index contributed by atoms with van der Waals surface area (Å²) in [6, 6.07) is 7.32. The van der Waals surface area contributed by atoms with Crippen molar-refractivity contribution in [3.8, 4) is 0 Å². The first kappa shape index (κ1) is 14.5. The number of carbonyl (C=O) groups is 2. The first-order chi connectivity index (χ1) is 9.56. The van der Waals surface area contributed by atoms with Crippen LogP contribution >= 0.6 is 0 Å². The number of carboxylic acid groups (broad SMARTS) is 1. The van der Waals surface area contributed by atoms with Gasteiger partial charge in [-0.05, 0) is 36.9 Å². The van der Waals surface area contributed by atoms with Gasteiger partial charge in [-0.2, -0.15) is 0 Å². The molecular weight excluding hydrogens is 256 g/mol. The highest BCUT2D eigenvalue weighted by molar-refractivity contribution is 5.94. The van der Waals surface area contributed by atoms with Crippen LogP contribution in [0.3, 0.4) is 0 Å². The minimum atomic E-state index is -0.741. The Morgan fingerprint density at radius 3 is 2.80 bits per heavy atom. The molecule has 1 aromatic carbocycles. The zero-order valence-electron chi connectivity index (χ0n) is 11.4. The lowest BCUT2D eigenvalue weighted by molar-refractivity contribution is -0.138. The van der Waals surface area contributed by atoms with E-state index in [4.69, 9.17) is 10.8 Å². The van der Waals surface area contributed by atoms with Crippen molar-refractivity contribution >= 4 is 11.9 Å². The molecule has 1 saturated heterocycles. The van der Waals surface area contributed by atoms with Gasteiger partial charge in [0.05, 0.1) is 0 Å². The number of likely N-dealkylation sites (tertiary alicyclic amines) is 1. The smallest absolute Gasteiger partial charge is 0.303 e. The first-order valence-electron chi connectivity index (χ1n) is 6.88. The number of rotatable bonds is 5. The molecular formula is C15H20N2O3. The average molecular weight is 276 g/mol. The summed E-state index contributed by atoms with van der Waals surface area (Å²) in [5.74, 6) is -0.962. The molecule has 0 saturated carbocycles. The van der Waals surface area contributed by atoms with Crippen LogP contribution in [-0.2, 0) is 11.3 Å². The van der Waals surface area contributed by atoms with E-state index in [0.717, 1.165) is 31.5 Å². The van der Waals surface area contributed by atoms with Gasteiger partial charge < -0.3 is 10.8 Å². The quantitative estimate of drug-likeness (QED) is 0.853. The lowest BCUT2D eigenvalue weighted by Crippen LogP contribution is -2.36. The van der Waals surface area contributed by atoms with E-state index in [2.05, 4.69) is 4.90 Å². The summed E-state index contributed by atoms with van der Waals surface area (Å²) in [5.41, 5.74) is 6.84. The Morgan fingerprint density at radius 2 is 2.10 bits per heavy atom. The normalized spacial score (nSPS) is 19.7. The number of amides is 1. The van der Waals surface area contributed by atoms with Crippen LogP contribution in [0.2, 0.25) is 0 Å². The van der Waals surface area contributed by atoms with Crippen LogP contribution in [0.5, 0.6) is 0 Å². The molecule has 3 N–H and O–H groups in total. The number of benzene rings is 1. The number of aliphatic carboxylic acids is 1. The molecule has 1 fully saturated rings. The molecule has 0 bridgehead atoms. The van der Waals surface area contributed by atoms with Gasteiger partial charge in [0.15, 0.2) is 0 Å². The SMILES string of the molecule is NC(=O)c1ccccc1CN1CCCC(CC(=O)O)C1. The van der Waals surface area contributed by atoms with Crippen LogP contribution in [0.25, 0.3) is 0 Å². The van der Waals surface area contributed by atoms with Crippen LogP contribution in [0, 0.1) is 5.92 Å². The number of hydrogen-bond donors (Lipinski definition) is 2. The third kappa shape index (κ3) is 3.81. The zero-order valence-corrected chi connectivity index (χ0v) is 11.4. The van der Waals surface area contributed by atoms with Crippen LogP contribution in [0.1, 0.15) is 35.2 Å². The van der Waals surface area contributed by atoms with Crippen molar-refractivity contribution in [2.24, 2.45) is 11.7 Å². The summed E-state index contributed by atoms with van der Waals surface area (Å²) >= 11 is 0. The molecule has 1 aliphatic rings. The second kappa shape index (κ2) is 6.52. The molecule has 20 heavy (non-hydrogen) atoms. The predicted octanol–water partition coefficient (Wildman–Crippen LogP) is 1.47. The number of piperidine rings is 1. The monoisotopic (exact) mass is 276 g/mol. The van der Waals surface area contributed by atoms with Crippen molar-refractivity contribution in [1.29, 1.82) is 0 Å². The summed E-state index contributed by atoms with van der Waals surface area (Å²) in [6.07, 6.45) is 2.17. The zero-order chi connectivity index (χ0) is 14.5. The van der Waals surface area contributed by atoms with Gasteiger partial charge in [0.1, 0.15) is 0 Å². The molecule has 0 spiro atoms. The Kier molecular flexibility index (Phi) is 4.74. The van der Waals surface area contributed by atoms with Gasteiger partial charge in [-0.15, -0.1) is 0 Å². The highest BCUT2D eigenvalue weighted by Gasteiger charge is 2.22. The molecule has 1 amide bonds. The van der Waals surface area contributed by atoms with Crippen LogP contribution < -0.4 is 5.73 Å². The van der Waals surface area contributed by atoms with E-state index in [1.165, 1.54) is 0 Å². The highest BCUT2D eigenvalue weighted by atomic mass is 16.4. The Hall–Kier alpha value is -1.88. The summed E-state index contributed by atoms with van der Waals surface area (Å²) < 4.78 is 0. The minimum Gasteiger partial charge on any atom is -0.481 e. The van der Waals surface area contributed by atoms with E-state index in [-0.39, 0.29) is 12.3 Å². The number of carbonyl (C=O) groups excluding carboxylic acids is 1. The largest absolute Gasteiger partial charge is 0.481 e. The second-order valence-electron chi connectivity index (χ2n) is 5.36. The number of carboxylic acids is 1. The molecule has 5 heteroatoms. The Labute approximate surface area is 118 Å². The van der Waals surface area contributed by atoms with Crippen LogP contribution in [0.4, 0.5) is 0 Å². The van der Waals surface area contributed by atoms with Crippen molar-refractivity contribution < 1.29 is 14.7 Å². The fourth-order valence-corrected chi connectivity index (χ4v) is 2.85. The van der Waals surface area contributed by atoms with E-state index in [1.54, 1.807) is 12.1 Å². The lowest BCUT2D eigenvalue weighted by Gasteiger charge is -2.32. The number of nitrogens with two attached hydrogens (primary N) is 1. The molecule has 0 aliphatic carbocycles. The Bertz CT molecular complexity index is 502. The maximum absolute atomic E-state index is 11.4. The molecule has 108 valence electrons. The van der Waals surface area contributed by atoms with Crippen molar-refractivity contribution in [1.82, 2.24) is 4.90 Å². The van der Waals surface area contributed by atoms with Gasteiger partial charge in [0.2, 0.25) is 5.91 Å². The molecule has 0 aromatic heterocycles. The highest BCUT2D eigenvalue weighted by Crippen LogP contribution is 2.22. The van der Waals surface area contributed by atoms with E-state index < -0.39 is 11.9 Å². The number of hydrogen-bond acceptors (Lipinski definition) is 3. The summed E-state index contributed by atoms with van der Waals surface area (Å²) in [4.78, 5) is 24.4. The van der Waals surface area contributed by atoms with Crippen molar-refractivity contribution in [3.63, 3.8) is 0 Å². The van der Waals surface area contributed by atoms with Crippen molar-refractivity contribution in [2.45, 2.75) is 25.8 Å². The molecule has 1 aliphatic heterocycles. The maximum Gasteiger partial charge on any atom is 0.303 e. The average Bonchev–Trinajstić information content (AvgIpc) is 2.38. The fourth-order valence-electron chi connectivity index (χ4n) is 2.85. The topological polar surface area (TPSA) is 83.6 Å². The standard InChI is InChI=1S/C15H20N2O3/c16-15(20)13-6-2-1-5-12(13)10-17-7-3-4-11(9-17)8-14(18)19/h1-2,5-6,11H,3-4,7-10H2,(H2,16,20)(H,18,19). The minimum absolute atomic E-state index is 0.196. The fraction of sp³-hybridized carbons (Fsp3) is 0.467. The van der Waals surface area contributed by atoms with E-state index in [9.17, 15) is 9.59 Å². The molecule has 1 unspecified atom stereocenters. The molecule has 0 radical (unpaired) electrons. The Balaban J connectivity index is 2.02. The summed E-state index contributed by atoms with van der Waals surface area (Å²) in [5, 5.41) is 8.88. The predicted molar refractivity (Wildman–Crippen MR) is 75.2 cm³/mol. The summed E-state index contributed by atoms with van der Waals surface area (Å²) in [7, 11) is 0. The maximum atomic E-state index is 11.4. The first-order valence-corrected chi connectivity index (χ1v) is 6.88. The van der Waals surface area contributed by atoms with Gasteiger partial charge in [0, 0.05) is 25.1 Å². The molecule has 5 nitrogen and oxygen atoms in total. The van der Waals surface area contributed by atoms with E-state index in [1.807, 2.05) is 12.1 Å². The van der Waals surface area contributed by atoms with Crippen LogP contribution in [0.15, 0.2) is 24.3 Å². The number of nitrogens with zero attached hydrogens (tertiary/aromatic N) is 1. The summed E-state index contributed by atoms with van der Waals surface area (Å²) in [6.45, 7) is 2.35. The van der Waals surface area contributed by atoms with E-state index >= 15 is 0 Å². The Morgan fingerprint density at radius 1 is 1.35 bits per heavy atom. The van der Waals surface area contributed by atoms with Gasteiger partial charge >= 0.3 is 5.97 Å².